The summed E-state index contributed by atoms with van der Waals surface area (Å²) in [4.78, 5) is 10.2. The lowest BCUT2D eigenvalue weighted by molar-refractivity contribution is -0.384. The topological polar surface area (TPSA) is 80.5 Å². The molecule has 0 aliphatic rings. The van der Waals surface area contributed by atoms with Gasteiger partial charge in [0.25, 0.3) is 15.7 Å². The third-order valence-electron chi connectivity index (χ3n) is 4.70. The van der Waals surface area contributed by atoms with E-state index in [1.54, 1.807) is 42.5 Å². The third-order valence-corrected chi connectivity index (χ3v) is 6.55. The Labute approximate surface area is 174 Å². The number of benzene rings is 3. The van der Waals surface area contributed by atoms with Crippen molar-refractivity contribution >= 4 is 21.4 Å². The van der Waals surface area contributed by atoms with Gasteiger partial charge < -0.3 is 0 Å². The molecule has 3 aromatic carbocycles. The van der Waals surface area contributed by atoms with Gasteiger partial charge in [-0.1, -0.05) is 48.0 Å². The van der Waals surface area contributed by atoms with Crippen molar-refractivity contribution in [3.8, 4) is 0 Å². The van der Waals surface area contributed by atoms with Crippen molar-refractivity contribution in [3.05, 3.63) is 100 Å². The molecule has 6 nitrogen and oxygen atoms in total. The second-order valence-electron chi connectivity index (χ2n) is 6.83. The van der Waals surface area contributed by atoms with Crippen LogP contribution in [0.3, 0.4) is 0 Å². The molecular weight excluding hydrogens is 407 g/mol. The van der Waals surface area contributed by atoms with Crippen molar-refractivity contribution in [2.75, 3.05) is 10.8 Å². The van der Waals surface area contributed by atoms with Gasteiger partial charge in [0.15, 0.2) is 0 Å². The van der Waals surface area contributed by atoms with Gasteiger partial charge in [0.2, 0.25) is 0 Å². The predicted octanol–water partition coefficient (Wildman–Crippen LogP) is 5.20. The normalized spacial score (nSPS) is 12.3. The standard InChI is InChI=1S/C22H21FN2O4S/c1-17-7-9-18(10-8-17)22(23)15-16-24(19-5-3-2-4-6-19)30(28,29)21-13-11-20(12-14-21)25(26)27/h2-14,22H,15-16H2,1H3. The lowest BCUT2D eigenvalue weighted by atomic mass is 10.1. The zero-order chi connectivity index (χ0) is 21.7. The second kappa shape index (κ2) is 9.04. The first kappa shape index (κ1) is 21.4. The molecule has 0 aliphatic carbocycles. The summed E-state index contributed by atoms with van der Waals surface area (Å²) in [5.74, 6) is 0. The first-order chi connectivity index (χ1) is 14.3. The van der Waals surface area contributed by atoms with Crippen LogP contribution in [0.2, 0.25) is 0 Å². The van der Waals surface area contributed by atoms with E-state index in [-0.39, 0.29) is 23.5 Å². The van der Waals surface area contributed by atoms with E-state index in [0.717, 1.165) is 22.0 Å². The minimum Gasteiger partial charge on any atom is -0.266 e. The van der Waals surface area contributed by atoms with Gasteiger partial charge >= 0.3 is 0 Å². The number of nitro groups is 1. The van der Waals surface area contributed by atoms with Gasteiger partial charge in [0, 0.05) is 25.1 Å². The van der Waals surface area contributed by atoms with Crippen LogP contribution in [0.4, 0.5) is 15.8 Å². The molecule has 1 unspecified atom stereocenters. The van der Waals surface area contributed by atoms with Gasteiger partial charge in [-0.15, -0.1) is 0 Å². The SMILES string of the molecule is Cc1ccc(C(F)CCN(c2ccccc2)S(=O)(=O)c2ccc([N+](=O)[O-])cc2)cc1. The summed E-state index contributed by atoms with van der Waals surface area (Å²) in [5, 5.41) is 10.9. The Balaban J connectivity index is 1.88. The van der Waals surface area contributed by atoms with E-state index < -0.39 is 21.1 Å². The van der Waals surface area contributed by atoms with Gasteiger partial charge in [0.1, 0.15) is 6.17 Å². The predicted molar refractivity (Wildman–Crippen MR) is 114 cm³/mol. The Bertz CT molecular complexity index is 1100. The molecule has 1 atom stereocenters. The summed E-state index contributed by atoms with van der Waals surface area (Å²) in [6.07, 6.45) is -1.37. The zero-order valence-corrected chi connectivity index (χ0v) is 17.1. The average molecular weight is 428 g/mol. The summed E-state index contributed by atoms with van der Waals surface area (Å²) < 4.78 is 42.4. The molecule has 0 saturated carbocycles. The van der Waals surface area contributed by atoms with Crippen LogP contribution in [0.1, 0.15) is 23.7 Å². The minimum absolute atomic E-state index is 0.0375. The number of nitro benzene ring substituents is 1. The fourth-order valence-corrected chi connectivity index (χ4v) is 4.50. The number of sulfonamides is 1. The monoisotopic (exact) mass is 428 g/mol. The largest absolute Gasteiger partial charge is 0.269 e. The van der Waals surface area contributed by atoms with E-state index in [0.29, 0.717) is 11.3 Å². The highest BCUT2D eigenvalue weighted by molar-refractivity contribution is 7.92. The maximum Gasteiger partial charge on any atom is 0.269 e. The molecule has 0 N–H and O–H groups in total. The molecule has 0 fully saturated rings. The number of hydrogen-bond donors (Lipinski definition) is 0. The molecule has 0 aliphatic heterocycles. The van der Waals surface area contributed by atoms with Crippen LogP contribution in [0.5, 0.6) is 0 Å². The first-order valence-corrected chi connectivity index (χ1v) is 10.8. The number of hydrogen-bond acceptors (Lipinski definition) is 4. The molecular formula is C22H21FN2O4S. The maximum absolute atomic E-state index is 14.8. The van der Waals surface area contributed by atoms with Crippen LogP contribution in [0.25, 0.3) is 0 Å². The lowest BCUT2D eigenvalue weighted by Crippen LogP contribution is -2.32. The third kappa shape index (κ3) is 4.83. The smallest absolute Gasteiger partial charge is 0.266 e. The first-order valence-electron chi connectivity index (χ1n) is 9.32. The molecule has 3 rings (SSSR count). The number of halogens is 1. The van der Waals surface area contributed by atoms with E-state index in [9.17, 15) is 22.9 Å². The summed E-state index contributed by atoms with van der Waals surface area (Å²) in [5.41, 5.74) is 1.69. The summed E-state index contributed by atoms with van der Waals surface area (Å²) >= 11 is 0. The van der Waals surface area contributed by atoms with Crippen LogP contribution in [-0.4, -0.2) is 19.9 Å². The molecule has 8 heteroatoms. The maximum atomic E-state index is 14.8. The fraction of sp³-hybridized carbons (Fsp3) is 0.182. The van der Waals surface area contributed by atoms with Gasteiger partial charge in [-0.3, -0.25) is 14.4 Å². The number of para-hydroxylation sites is 1. The van der Waals surface area contributed by atoms with Gasteiger partial charge in [-0.2, -0.15) is 0 Å². The lowest BCUT2D eigenvalue weighted by Gasteiger charge is -2.25. The van der Waals surface area contributed by atoms with Gasteiger partial charge in [0.05, 0.1) is 15.5 Å². The molecule has 0 radical (unpaired) electrons. The van der Waals surface area contributed by atoms with Crippen molar-refractivity contribution in [1.82, 2.24) is 0 Å². The van der Waals surface area contributed by atoms with Gasteiger partial charge in [-0.25, -0.2) is 12.8 Å². The van der Waals surface area contributed by atoms with Crippen LogP contribution in [0, 0.1) is 17.0 Å². The van der Waals surface area contributed by atoms with Crippen LogP contribution in [0.15, 0.2) is 83.8 Å². The van der Waals surface area contributed by atoms with E-state index in [4.69, 9.17) is 0 Å². The summed E-state index contributed by atoms with van der Waals surface area (Å²) in [6.45, 7) is 1.82. The van der Waals surface area contributed by atoms with Crippen molar-refractivity contribution in [3.63, 3.8) is 0 Å². The van der Waals surface area contributed by atoms with Crippen molar-refractivity contribution < 1.29 is 17.7 Å². The highest BCUT2D eigenvalue weighted by Gasteiger charge is 2.26. The number of non-ortho nitro benzene ring substituents is 1. The summed E-state index contributed by atoms with van der Waals surface area (Å²) in [6, 6.07) is 20.1. The number of aryl methyl sites for hydroxylation is 1. The van der Waals surface area contributed by atoms with Crippen molar-refractivity contribution in [1.29, 1.82) is 0 Å². The zero-order valence-electron chi connectivity index (χ0n) is 16.3. The quantitative estimate of drug-likeness (QED) is 0.365. The highest BCUT2D eigenvalue weighted by atomic mass is 32.2. The Hall–Kier alpha value is -3.26. The molecule has 0 heterocycles. The van der Waals surface area contributed by atoms with Crippen LogP contribution in [-0.2, 0) is 10.0 Å². The Morgan fingerprint density at radius 1 is 0.967 bits per heavy atom. The average Bonchev–Trinajstić information content (AvgIpc) is 2.75. The van der Waals surface area contributed by atoms with E-state index in [2.05, 4.69) is 0 Å². The Morgan fingerprint density at radius 3 is 2.13 bits per heavy atom. The Kier molecular flexibility index (Phi) is 6.47. The number of nitrogens with zero attached hydrogens (tertiary/aromatic N) is 2. The highest BCUT2D eigenvalue weighted by Crippen LogP contribution is 2.28. The van der Waals surface area contributed by atoms with Crippen molar-refractivity contribution in [2.24, 2.45) is 0 Å². The van der Waals surface area contributed by atoms with Crippen molar-refractivity contribution in [2.45, 2.75) is 24.4 Å². The molecule has 0 bridgehead atoms. The van der Waals surface area contributed by atoms with Crippen LogP contribution < -0.4 is 4.31 Å². The minimum atomic E-state index is -4.04. The number of rotatable bonds is 8. The molecule has 0 saturated heterocycles. The van der Waals surface area contributed by atoms with E-state index >= 15 is 0 Å². The molecule has 156 valence electrons. The number of alkyl halides is 1. The number of anilines is 1. The molecule has 0 amide bonds. The van der Waals surface area contributed by atoms with Gasteiger partial charge in [-0.05, 0) is 36.8 Å². The second-order valence-corrected chi connectivity index (χ2v) is 8.69. The van der Waals surface area contributed by atoms with E-state index in [1.807, 2.05) is 19.1 Å². The summed E-state index contributed by atoms with van der Waals surface area (Å²) in [7, 11) is -4.04. The fourth-order valence-electron chi connectivity index (χ4n) is 3.02. The van der Waals surface area contributed by atoms with E-state index in [1.165, 1.54) is 12.1 Å². The molecule has 0 spiro atoms. The Morgan fingerprint density at radius 2 is 1.57 bits per heavy atom. The molecule has 30 heavy (non-hydrogen) atoms. The molecule has 3 aromatic rings. The molecule has 0 aromatic heterocycles. The van der Waals surface area contributed by atoms with Crippen LogP contribution >= 0.6 is 0 Å².